The Morgan fingerprint density at radius 1 is 1.50 bits per heavy atom. The largest absolute Gasteiger partial charge is 0.493 e. The summed E-state index contributed by atoms with van der Waals surface area (Å²) in [5, 5.41) is 24.5. The SMILES string of the molecule is Cc1ccc2[nH]c(O)c(N=NC(=N)N)c2c1. The van der Waals surface area contributed by atoms with E-state index in [-0.39, 0.29) is 5.88 Å². The number of aryl methyl sites for hydroxylation is 1. The number of aromatic nitrogens is 1. The van der Waals surface area contributed by atoms with Gasteiger partial charge in [-0.3, -0.25) is 5.41 Å². The monoisotopic (exact) mass is 217 g/mol. The number of nitrogens with one attached hydrogen (secondary N) is 2. The van der Waals surface area contributed by atoms with Crippen molar-refractivity contribution in [2.75, 3.05) is 0 Å². The maximum atomic E-state index is 9.62. The highest BCUT2D eigenvalue weighted by Crippen LogP contribution is 2.35. The summed E-state index contributed by atoms with van der Waals surface area (Å²) in [6.07, 6.45) is 0. The first kappa shape index (κ1) is 10.2. The van der Waals surface area contributed by atoms with Gasteiger partial charge in [-0.1, -0.05) is 11.6 Å². The molecule has 0 aliphatic carbocycles. The van der Waals surface area contributed by atoms with E-state index in [0.29, 0.717) is 5.69 Å². The molecule has 2 rings (SSSR count). The second kappa shape index (κ2) is 3.65. The standard InChI is InChI=1S/C10H11N5O/c1-5-2-3-7-6(4-5)8(9(16)13-7)14-15-10(11)12/h2-4,13,16H,1H3,(H3,11,12). The van der Waals surface area contributed by atoms with Crippen LogP contribution in [0.3, 0.4) is 0 Å². The zero-order valence-electron chi connectivity index (χ0n) is 8.65. The first-order valence-corrected chi connectivity index (χ1v) is 4.65. The molecule has 0 aliphatic heterocycles. The average molecular weight is 217 g/mol. The Kier molecular flexibility index (Phi) is 2.32. The number of hydrogen-bond acceptors (Lipinski definition) is 3. The van der Waals surface area contributed by atoms with Crippen LogP contribution in [0.5, 0.6) is 5.88 Å². The van der Waals surface area contributed by atoms with Crippen molar-refractivity contribution in [2.24, 2.45) is 16.0 Å². The second-order valence-corrected chi connectivity index (χ2v) is 3.46. The summed E-state index contributed by atoms with van der Waals surface area (Å²) in [5.41, 5.74) is 7.18. The number of azo groups is 1. The molecule has 1 aromatic carbocycles. The summed E-state index contributed by atoms with van der Waals surface area (Å²) in [6.45, 7) is 1.94. The summed E-state index contributed by atoms with van der Waals surface area (Å²) < 4.78 is 0. The fraction of sp³-hybridized carbons (Fsp3) is 0.100. The first-order chi connectivity index (χ1) is 7.58. The van der Waals surface area contributed by atoms with Crippen molar-refractivity contribution in [1.82, 2.24) is 4.98 Å². The molecule has 0 fully saturated rings. The molecule has 6 heteroatoms. The number of fused-ring (bicyclic) bond motifs is 1. The van der Waals surface area contributed by atoms with Gasteiger partial charge in [0.1, 0.15) is 0 Å². The number of aromatic hydroxyl groups is 1. The molecular formula is C10H11N5O. The number of aromatic amines is 1. The third-order valence-corrected chi connectivity index (χ3v) is 2.17. The minimum Gasteiger partial charge on any atom is -0.493 e. The Morgan fingerprint density at radius 3 is 2.94 bits per heavy atom. The normalized spacial score (nSPS) is 11.3. The van der Waals surface area contributed by atoms with Gasteiger partial charge < -0.3 is 15.8 Å². The van der Waals surface area contributed by atoms with Gasteiger partial charge in [-0.25, -0.2) is 0 Å². The maximum absolute atomic E-state index is 9.62. The molecule has 0 saturated heterocycles. The van der Waals surface area contributed by atoms with Gasteiger partial charge in [0.15, 0.2) is 5.69 Å². The fourth-order valence-corrected chi connectivity index (χ4v) is 1.48. The van der Waals surface area contributed by atoms with Crippen molar-refractivity contribution in [3.63, 3.8) is 0 Å². The molecule has 0 saturated carbocycles. The quantitative estimate of drug-likeness (QED) is 0.333. The molecule has 5 N–H and O–H groups in total. The molecule has 0 atom stereocenters. The number of nitrogens with zero attached hydrogens (tertiary/aromatic N) is 2. The number of rotatable bonds is 1. The lowest BCUT2D eigenvalue weighted by molar-refractivity contribution is 0.459. The summed E-state index contributed by atoms with van der Waals surface area (Å²) in [6, 6.07) is 5.64. The van der Waals surface area contributed by atoms with Gasteiger partial charge in [0.25, 0.3) is 0 Å². The minimum absolute atomic E-state index is 0.0781. The number of H-pyrrole nitrogens is 1. The van der Waals surface area contributed by atoms with Crippen LogP contribution in [0.15, 0.2) is 28.4 Å². The van der Waals surface area contributed by atoms with Gasteiger partial charge >= 0.3 is 0 Å². The number of benzene rings is 1. The van der Waals surface area contributed by atoms with Gasteiger partial charge in [0.2, 0.25) is 11.8 Å². The number of hydrogen-bond donors (Lipinski definition) is 4. The van der Waals surface area contributed by atoms with Gasteiger partial charge in [-0.15, -0.1) is 10.2 Å². The van der Waals surface area contributed by atoms with Crippen molar-refractivity contribution >= 4 is 22.5 Å². The van der Waals surface area contributed by atoms with Gasteiger partial charge in [-0.2, -0.15) is 0 Å². The van der Waals surface area contributed by atoms with Crippen molar-refractivity contribution in [3.05, 3.63) is 23.8 Å². The topological polar surface area (TPSA) is 111 Å². The van der Waals surface area contributed by atoms with Gasteiger partial charge in [-0.05, 0) is 19.1 Å². The molecule has 0 aliphatic rings. The van der Waals surface area contributed by atoms with E-state index < -0.39 is 5.96 Å². The van der Waals surface area contributed by atoms with E-state index in [9.17, 15) is 5.11 Å². The van der Waals surface area contributed by atoms with Crippen LogP contribution < -0.4 is 5.73 Å². The molecule has 0 unspecified atom stereocenters. The summed E-state index contributed by atoms with van der Waals surface area (Å²) in [4.78, 5) is 2.77. The molecule has 82 valence electrons. The van der Waals surface area contributed by atoms with E-state index in [1.165, 1.54) is 0 Å². The summed E-state index contributed by atoms with van der Waals surface area (Å²) in [5.74, 6) is -0.480. The molecule has 2 aromatic rings. The van der Waals surface area contributed by atoms with Crippen LogP contribution in [0.25, 0.3) is 10.9 Å². The van der Waals surface area contributed by atoms with Gasteiger partial charge in [0.05, 0.1) is 5.52 Å². The van der Waals surface area contributed by atoms with Crippen LogP contribution >= 0.6 is 0 Å². The molecular weight excluding hydrogens is 206 g/mol. The first-order valence-electron chi connectivity index (χ1n) is 4.65. The third-order valence-electron chi connectivity index (χ3n) is 2.17. The van der Waals surface area contributed by atoms with Crippen molar-refractivity contribution < 1.29 is 5.11 Å². The van der Waals surface area contributed by atoms with E-state index in [2.05, 4.69) is 15.2 Å². The summed E-state index contributed by atoms with van der Waals surface area (Å²) in [7, 11) is 0. The van der Waals surface area contributed by atoms with Crippen LogP contribution in [-0.4, -0.2) is 16.1 Å². The maximum Gasteiger partial charge on any atom is 0.232 e. The average Bonchev–Trinajstić information content (AvgIpc) is 2.51. The second-order valence-electron chi connectivity index (χ2n) is 3.46. The predicted molar refractivity (Wildman–Crippen MR) is 61.1 cm³/mol. The fourth-order valence-electron chi connectivity index (χ4n) is 1.48. The van der Waals surface area contributed by atoms with E-state index in [4.69, 9.17) is 11.1 Å². The van der Waals surface area contributed by atoms with Crippen molar-refractivity contribution in [1.29, 1.82) is 5.41 Å². The van der Waals surface area contributed by atoms with E-state index >= 15 is 0 Å². The van der Waals surface area contributed by atoms with Crippen LogP contribution in [0.1, 0.15) is 5.56 Å². The third kappa shape index (κ3) is 1.72. The Labute approximate surface area is 91.3 Å². The lowest BCUT2D eigenvalue weighted by atomic mass is 10.2. The molecule has 1 heterocycles. The Balaban J connectivity index is 2.62. The van der Waals surface area contributed by atoms with Crippen molar-refractivity contribution in [2.45, 2.75) is 6.92 Å². The van der Waals surface area contributed by atoms with Gasteiger partial charge in [0, 0.05) is 5.39 Å². The van der Waals surface area contributed by atoms with E-state index in [1.807, 2.05) is 25.1 Å². The van der Waals surface area contributed by atoms with E-state index in [1.54, 1.807) is 0 Å². The highest BCUT2D eigenvalue weighted by atomic mass is 16.3. The molecule has 6 nitrogen and oxygen atoms in total. The van der Waals surface area contributed by atoms with Crippen molar-refractivity contribution in [3.8, 4) is 5.88 Å². The highest BCUT2D eigenvalue weighted by Gasteiger charge is 2.10. The molecule has 0 spiro atoms. The highest BCUT2D eigenvalue weighted by molar-refractivity contribution is 5.94. The van der Waals surface area contributed by atoms with E-state index in [0.717, 1.165) is 16.5 Å². The number of guanidine groups is 1. The molecule has 0 amide bonds. The van der Waals surface area contributed by atoms with Crippen LogP contribution in [0, 0.1) is 12.3 Å². The zero-order valence-corrected chi connectivity index (χ0v) is 8.65. The molecule has 0 bridgehead atoms. The smallest absolute Gasteiger partial charge is 0.232 e. The van der Waals surface area contributed by atoms with Crippen LogP contribution in [0.2, 0.25) is 0 Å². The predicted octanol–water partition coefficient (Wildman–Crippen LogP) is 2.16. The Hall–Kier alpha value is -2.37. The lowest BCUT2D eigenvalue weighted by Gasteiger charge is -1.93. The Bertz CT molecular complexity index is 584. The molecule has 1 aromatic heterocycles. The lowest BCUT2D eigenvalue weighted by Crippen LogP contribution is -2.03. The van der Waals surface area contributed by atoms with Crippen LogP contribution in [0.4, 0.5) is 5.69 Å². The molecule has 16 heavy (non-hydrogen) atoms. The Morgan fingerprint density at radius 2 is 2.25 bits per heavy atom. The minimum atomic E-state index is -0.401. The zero-order chi connectivity index (χ0) is 11.7. The summed E-state index contributed by atoms with van der Waals surface area (Å²) >= 11 is 0. The molecule has 0 radical (unpaired) electrons. The van der Waals surface area contributed by atoms with Crippen LogP contribution in [-0.2, 0) is 0 Å². The number of nitrogens with two attached hydrogens (primary N) is 1.